The molecule has 1 aliphatic heterocycles. The second-order valence-corrected chi connectivity index (χ2v) is 10.1. The molecule has 2 amide bonds. The van der Waals surface area contributed by atoms with Crippen LogP contribution in [0.1, 0.15) is 53.7 Å². The van der Waals surface area contributed by atoms with Crippen LogP contribution in [0.5, 0.6) is 0 Å². The lowest BCUT2D eigenvalue weighted by molar-refractivity contribution is -0.147. The van der Waals surface area contributed by atoms with Gasteiger partial charge in [0.15, 0.2) is 6.10 Å². The van der Waals surface area contributed by atoms with Crippen molar-refractivity contribution in [1.82, 2.24) is 14.9 Å². The SMILES string of the molecule is CC(C)COC(=O)C(CCC(=O)Nc1ccn([C@@H]2O[C@H](CO)[C@H](O)C2(F)F)c(=O)n1)NC(=O)OC(C)(C)C. The van der Waals surface area contributed by atoms with E-state index < -0.39 is 66.3 Å². The molecule has 1 aromatic heterocycles. The predicted octanol–water partition coefficient (Wildman–Crippen LogP) is 0.940. The second kappa shape index (κ2) is 12.6. The smallest absolute Gasteiger partial charge is 0.408 e. The third-order valence-corrected chi connectivity index (χ3v) is 5.10. The Balaban J connectivity index is 2.05. The van der Waals surface area contributed by atoms with E-state index in [2.05, 4.69) is 15.6 Å². The first-order valence-electron chi connectivity index (χ1n) is 11.9. The molecule has 1 aliphatic rings. The number of carbonyl (C=O) groups is 3. The Labute approximate surface area is 217 Å². The number of ether oxygens (including phenoxy) is 3. The van der Waals surface area contributed by atoms with Gasteiger partial charge < -0.3 is 35.1 Å². The number of hydrogen-bond acceptors (Lipinski definition) is 10. The summed E-state index contributed by atoms with van der Waals surface area (Å²) in [6, 6.07) is -0.145. The Morgan fingerprint density at radius 3 is 2.47 bits per heavy atom. The molecule has 4 N–H and O–H groups in total. The summed E-state index contributed by atoms with van der Waals surface area (Å²) in [5.41, 5.74) is -2.04. The largest absolute Gasteiger partial charge is 0.464 e. The number of rotatable bonds is 10. The molecule has 1 aromatic rings. The molecule has 0 aromatic carbocycles. The van der Waals surface area contributed by atoms with Gasteiger partial charge in [-0.1, -0.05) is 13.8 Å². The van der Waals surface area contributed by atoms with Gasteiger partial charge in [0.2, 0.25) is 12.1 Å². The number of carbonyl (C=O) groups excluding carboxylic acids is 3. The zero-order chi connectivity index (χ0) is 28.8. The minimum Gasteiger partial charge on any atom is -0.464 e. The molecule has 0 aliphatic carbocycles. The molecule has 4 atom stereocenters. The molecule has 13 nitrogen and oxygen atoms in total. The van der Waals surface area contributed by atoms with E-state index in [1.165, 1.54) is 0 Å². The normalized spacial score (nSPS) is 21.6. The highest BCUT2D eigenvalue weighted by atomic mass is 19.3. The van der Waals surface area contributed by atoms with Crippen molar-refractivity contribution < 1.29 is 47.6 Å². The van der Waals surface area contributed by atoms with Crippen molar-refractivity contribution in [2.45, 2.75) is 83.5 Å². The fourth-order valence-corrected chi connectivity index (χ4v) is 3.31. The van der Waals surface area contributed by atoms with Crippen LogP contribution in [0.15, 0.2) is 17.1 Å². The van der Waals surface area contributed by atoms with Crippen LogP contribution < -0.4 is 16.3 Å². The Bertz CT molecular complexity index is 1060. The van der Waals surface area contributed by atoms with Crippen LogP contribution in [0, 0.1) is 5.92 Å². The van der Waals surface area contributed by atoms with E-state index >= 15 is 0 Å². The van der Waals surface area contributed by atoms with Gasteiger partial charge in [0.05, 0.1) is 13.2 Å². The third kappa shape index (κ3) is 8.43. The highest BCUT2D eigenvalue weighted by molar-refractivity contribution is 5.90. The van der Waals surface area contributed by atoms with Crippen LogP contribution in [0.2, 0.25) is 0 Å². The number of nitrogens with zero attached hydrogens (tertiary/aromatic N) is 2. The number of anilines is 1. The molecular weight excluding hydrogens is 514 g/mol. The number of nitrogens with one attached hydrogen (secondary N) is 2. The summed E-state index contributed by atoms with van der Waals surface area (Å²) in [6.45, 7) is 7.77. The lowest BCUT2D eigenvalue weighted by atomic mass is 10.1. The van der Waals surface area contributed by atoms with Gasteiger partial charge in [0.1, 0.15) is 23.6 Å². The van der Waals surface area contributed by atoms with Crippen LogP contribution in [-0.2, 0) is 23.8 Å². The fourth-order valence-electron chi connectivity index (χ4n) is 3.31. The molecule has 0 spiro atoms. The van der Waals surface area contributed by atoms with Crippen molar-refractivity contribution in [2.75, 3.05) is 18.5 Å². The lowest BCUT2D eigenvalue weighted by Gasteiger charge is -2.23. The van der Waals surface area contributed by atoms with Crippen LogP contribution in [0.3, 0.4) is 0 Å². The molecule has 1 unspecified atom stereocenters. The summed E-state index contributed by atoms with van der Waals surface area (Å²) in [4.78, 5) is 52.9. The summed E-state index contributed by atoms with van der Waals surface area (Å²) in [5, 5.41) is 23.4. The van der Waals surface area contributed by atoms with Crippen LogP contribution in [0.4, 0.5) is 19.4 Å². The number of esters is 1. The maximum Gasteiger partial charge on any atom is 0.408 e. The Morgan fingerprint density at radius 2 is 1.95 bits per heavy atom. The summed E-state index contributed by atoms with van der Waals surface area (Å²) < 4.78 is 44.3. The Kier molecular flexibility index (Phi) is 10.3. The maximum atomic E-state index is 14.3. The van der Waals surface area contributed by atoms with Gasteiger partial charge in [0, 0.05) is 12.6 Å². The summed E-state index contributed by atoms with van der Waals surface area (Å²) in [7, 11) is 0. The van der Waals surface area contributed by atoms with E-state index in [1.54, 1.807) is 20.8 Å². The molecule has 0 saturated carbocycles. The van der Waals surface area contributed by atoms with E-state index in [-0.39, 0.29) is 31.2 Å². The van der Waals surface area contributed by atoms with Crippen LogP contribution in [-0.4, -0.2) is 80.7 Å². The highest BCUT2D eigenvalue weighted by Gasteiger charge is 2.59. The van der Waals surface area contributed by atoms with Gasteiger partial charge in [-0.15, -0.1) is 0 Å². The van der Waals surface area contributed by atoms with Gasteiger partial charge >= 0.3 is 23.7 Å². The van der Waals surface area contributed by atoms with Crippen LogP contribution in [0.25, 0.3) is 0 Å². The van der Waals surface area contributed by atoms with E-state index in [1.807, 2.05) is 13.8 Å². The number of alkyl halides is 2. The molecule has 15 heteroatoms. The lowest BCUT2D eigenvalue weighted by Crippen LogP contribution is -2.45. The quantitative estimate of drug-likeness (QED) is 0.308. The Morgan fingerprint density at radius 1 is 1.29 bits per heavy atom. The average Bonchev–Trinajstić information content (AvgIpc) is 3.02. The Hall–Kier alpha value is -3.17. The summed E-state index contributed by atoms with van der Waals surface area (Å²) in [5.74, 6) is -5.58. The second-order valence-electron chi connectivity index (χ2n) is 10.1. The van der Waals surface area contributed by atoms with Gasteiger partial charge in [-0.3, -0.25) is 9.36 Å². The van der Waals surface area contributed by atoms with Gasteiger partial charge in [-0.25, -0.2) is 14.4 Å². The fraction of sp³-hybridized carbons (Fsp3) is 0.696. The monoisotopic (exact) mass is 548 g/mol. The number of halogens is 2. The minimum atomic E-state index is -3.88. The van der Waals surface area contributed by atoms with E-state index in [0.717, 1.165) is 12.3 Å². The number of aromatic nitrogens is 2. The van der Waals surface area contributed by atoms with Gasteiger partial charge in [-0.2, -0.15) is 13.8 Å². The molecule has 38 heavy (non-hydrogen) atoms. The number of aliphatic hydroxyl groups excluding tert-OH is 2. The van der Waals surface area contributed by atoms with E-state index in [9.17, 15) is 33.1 Å². The average molecular weight is 549 g/mol. The summed E-state index contributed by atoms with van der Waals surface area (Å²) >= 11 is 0. The van der Waals surface area contributed by atoms with E-state index in [4.69, 9.17) is 19.3 Å². The van der Waals surface area contributed by atoms with E-state index in [0.29, 0.717) is 4.57 Å². The van der Waals surface area contributed by atoms with Crippen LogP contribution >= 0.6 is 0 Å². The topological polar surface area (TPSA) is 178 Å². The molecule has 1 fully saturated rings. The third-order valence-electron chi connectivity index (χ3n) is 5.10. The first-order valence-corrected chi connectivity index (χ1v) is 11.9. The van der Waals surface area contributed by atoms with Gasteiger partial charge in [-0.05, 0) is 39.2 Å². The van der Waals surface area contributed by atoms with Gasteiger partial charge in [0.25, 0.3) is 0 Å². The molecule has 214 valence electrons. The molecule has 1 saturated heterocycles. The number of hydrogen-bond donors (Lipinski definition) is 4. The molecular formula is C23H34F2N4O9. The summed E-state index contributed by atoms with van der Waals surface area (Å²) in [6.07, 6.45) is -6.62. The van der Waals surface area contributed by atoms with Crippen molar-refractivity contribution in [2.24, 2.45) is 5.92 Å². The number of alkyl carbamates (subject to hydrolysis) is 1. The van der Waals surface area contributed by atoms with Crippen molar-refractivity contribution in [3.05, 3.63) is 22.7 Å². The number of aliphatic hydroxyl groups is 2. The first-order chi connectivity index (χ1) is 17.5. The standard InChI is InChI=1S/C23H34F2N4O9/c1-12(2)11-36-18(33)13(26-21(35)38-22(3,4)5)6-7-16(31)27-15-8-9-29(20(34)28-15)19-23(24,25)17(32)14(10-30)37-19/h8-9,12-14,17,19,30,32H,6-7,10-11H2,1-5H3,(H,26,35)(H,27,28,31,34)/t13?,14-,17+,19-/m1/s1. The zero-order valence-corrected chi connectivity index (χ0v) is 21.8. The maximum absolute atomic E-state index is 14.3. The number of amides is 2. The first kappa shape index (κ1) is 31.1. The molecule has 2 rings (SSSR count). The van der Waals surface area contributed by atoms with Crippen molar-refractivity contribution in [3.8, 4) is 0 Å². The predicted molar refractivity (Wildman–Crippen MR) is 127 cm³/mol. The minimum absolute atomic E-state index is 0.0324. The molecule has 2 heterocycles. The van der Waals surface area contributed by atoms with Crippen molar-refractivity contribution in [1.29, 1.82) is 0 Å². The van der Waals surface area contributed by atoms with Crippen molar-refractivity contribution >= 4 is 23.8 Å². The van der Waals surface area contributed by atoms with Crippen molar-refractivity contribution in [3.63, 3.8) is 0 Å². The highest BCUT2D eigenvalue weighted by Crippen LogP contribution is 2.41. The zero-order valence-electron chi connectivity index (χ0n) is 21.8. The molecule has 0 radical (unpaired) electrons. The molecule has 0 bridgehead atoms.